The number of benzene rings is 2. The Hall–Kier alpha value is -2.31. The number of hydrogen-bond donors (Lipinski definition) is 2. The van der Waals surface area contributed by atoms with Crippen molar-refractivity contribution in [3.8, 4) is 0 Å². The van der Waals surface area contributed by atoms with Crippen LogP contribution in [0.5, 0.6) is 0 Å². The quantitative estimate of drug-likeness (QED) is 0.314. The van der Waals surface area contributed by atoms with Crippen LogP contribution in [0.15, 0.2) is 60.7 Å². The highest BCUT2D eigenvalue weighted by atomic mass is 32.2. The Kier molecular flexibility index (Phi) is 12.6. The summed E-state index contributed by atoms with van der Waals surface area (Å²) in [5.74, 6) is -1.69. The van der Waals surface area contributed by atoms with E-state index in [1.807, 2.05) is 67.6 Å². The summed E-state index contributed by atoms with van der Waals surface area (Å²) in [5, 5.41) is 14.3. The van der Waals surface area contributed by atoms with E-state index >= 15 is 0 Å². The molecule has 0 aliphatic rings. The maximum atomic E-state index is 13.7. The lowest BCUT2D eigenvalue weighted by atomic mass is 9.99. The minimum Gasteiger partial charge on any atom is -0.390 e. The van der Waals surface area contributed by atoms with Gasteiger partial charge in [-0.05, 0) is 30.9 Å². The normalized spacial score (nSPS) is 15.6. The first kappa shape index (κ1) is 32.9. The minimum atomic E-state index is -3.98. The lowest BCUT2D eigenvalue weighted by molar-refractivity contribution is -0.125. The number of unbranched alkanes of at least 4 members (excludes halogenated alkanes) is 1. The molecule has 0 saturated heterocycles. The molecule has 0 radical (unpaired) electrons. The summed E-state index contributed by atoms with van der Waals surface area (Å²) in [4.78, 5) is 13.0. The van der Waals surface area contributed by atoms with Crippen molar-refractivity contribution in [1.29, 1.82) is 0 Å². The van der Waals surface area contributed by atoms with Crippen molar-refractivity contribution in [1.82, 2.24) is 13.9 Å². The summed E-state index contributed by atoms with van der Waals surface area (Å²) in [7, 11) is -5.85. The smallest absolute Gasteiger partial charge is 0.282 e. The van der Waals surface area contributed by atoms with Crippen molar-refractivity contribution in [3.63, 3.8) is 0 Å². The van der Waals surface area contributed by atoms with Crippen LogP contribution in [0.4, 0.5) is 0 Å². The van der Waals surface area contributed by atoms with Crippen molar-refractivity contribution in [2.45, 2.75) is 58.2 Å². The van der Waals surface area contributed by atoms with Crippen molar-refractivity contribution < 1.29 is 26.7 Å². The van der Waals surface area contributed by atoms with Crippen LogP contribution in [0.25, 0.3) is 0 Å². The molecule has 0 aliphatic carbocycles. The van der Waals surface area contributed by atoms with Crippen LogP contribution in [0.3, 0.4) is 0 Å². The van der Waals surface area contributed by atoms with Gasteiger partial charge >= 0.3 is 0 Å². The predicted octanol–water partition coefficient (Wildman–Crippen LogP) is 2.80. The fourth-order valence-electron chi connectivity index (χ4n) is 4.34. The zero-order chi connectivity index (χ0) is 29.2. The van der Waals surface area contributed by atoms with E-state index in [2.05, 4.69) is 5.32 Å². The van der Waals surface area contributed by atoms with E-state index in [-0.39, 0.29) is 18.7 Å². The maximum absolute atomic E-state index is 13.7. The predicted molar refractivity (Wildman–Crippen MR) is 155 cm³/mol. The molecule has 11 heteroatoms. The van der Waals surface area contributed by atoms with Crippen LogP contribution < -0.4 is 5.32 Å². The fraction of sp³-hybridized carbons (Fsp3) is 0.536. The van der Waals surface area contributed by atoms with E-state index in [1.54, 1.807) is 6.92 Å². The molecule has 0 heterocycles. The summed E-state index contributed by atoms with van der Waals surface area (Å²) in [5.41, 5.74) is 1.60. The van der Waals surface area contributed by atoms with Gasteiger partial charge < -0.3 is 10.4 Å². The molecule has 4 atom stereocenters. The molecule has 0 bridgehead atoms. The molecule has 2 N–H and O–H groups in total. The zero-order valence-corrected chi connectivity index (χ0v) is 25.2. The summed E-state index contributed by atoms with van der Waals surface area (Å²) in [6.45, 7) is 5.33. The van der Waals surface area contributed by atoms with Crippen molar-refractivity contribution in [2.75, 3.05) is 32.1 Å². The summed E-state index contributed by atoms with van der Waals surface area (Å²) >= 11 is 0. The Morgan fingerprint density at radius 1 is 0.974 bits per heavy atom. The molecule has 0 spiro atoms. The highest BCUT2D eigenvalue weighted by Gasteiger charge is 2.36. The average molecular weight is 582 g/mol. The molecule has 39 heavy (non-hydrogen) atoms. The number of nitrogens with one attached hydrogen (secondary N) is 1. The van der Waals surface area contributed by atoms with Crippen molar-refractivity contribution in [3.05, 3.63) is 71.8 Å². The standard InChI is InChI=1S/C28H43N3O6S2/c1-6-7-18-30(4)39(36,37)31(23(3)25-16-12-9-13-17-25)20-27(32)26(19-24-14-10-8-11-15-24)29-28(33)22(2)21-38(5,34)35/h8-17,22-23,26-27,32H,6-7,18-21H2,1-5H3,(H,29,33)/t22-,23-,26+,27-/m1/s1. The first-order chi connectivity index (χ1) is 18.3. The van der Waals surface area contributed by atoms with Gasteiger partial charge in [-0.2, -0.15) is 17.0 Å². The Morgan fingerprint density at radius 3 is 2.08 bits per heavy atom. The second-order valence-electron chi connectivity index (χ2n) is 10.2. The average Bonchev–Trinajstić information content (AvgIpc) is 2.89. The molecule has 0 saturated carbocycles. The van der Waals surface area contributed by atoms with Gasteiger partial charge in [-0.25, -0.2) is 8.42 Å². The Bertz CT molecular complexity index is 1240. The van der Waals surface area contributed by atoms with E-state index in [1.165, 1.54) is 22.6 Å². The lowest BCUT2D eigenvalue weighted by Crippen LogP contribution is -2.54. The molecule has 0 fully saturated rings. The van der Waals surface area contributed by atoms with Crippen LogP contribution in [0, 0.1) is 5.92 Å². The number of aliphatic hydroxyl groups excluding tert-OH is 1. The summed E-state index contributed by atoms with van der Waals surface area (Å²) in [6, 6.07) is 17.0. The first-order valence-corrected chi connectivity index (χ1v) is 16.7. The van der Waals surface area contributed by atoms with Crippen molar-refractivity contribution in [2.24, 2.45) is 5.92 Å². The monoisotopic (exact) mass is 581 g/mol. The van der Waals surface area contributed by atoms with E-state index in [0.717, 1.165) is 23.8 Å². The topological polar surface area (TPSA) is 124 Å². The van der Waals surface area contributed by atoms with Gasteiger partial charge in [-0.15, -0.1) is 0 Å². The van der Waals surface area contributed by atoms with Crippen LogP contribution in [-0.2, 0) is 31.3 Å². The van der Waals surface area contributed by atoms with Crippen molar-refractivity contribution >= 4 is 26.0 Å². The summed E-state index contributed by atoms with van der Waals surface area (Å²) < 4.78 is 53.6. The van der Waals surface area contributed by atoms with Gasteiger partial charge in [0, 0.05) is 38.4 Å². The first-order valence-electron chi connectivity index (χ1n) is 13.2. The van der Waals surface area contributed by atoms with E-state index in [9.17, 15) is 26.7 Å². The van der Waals surface area contributed by atoms with Gasteiger partial charge in [0.1, 0.15) is 9.84 Å². The Morgan fingerprint density at radius 2 is 1.54 bits per heavy atom. The lowest BCUT2D eigenvalue weighted by Gasteiger charge is -2.36. The van der Waals surface area contributed by atoms with E-state index in [0.29, 0.717) is 13.0 Å². The number of sulfone groups is 1. The van der Waals surface area contributed by atoms with Crippen LogP contribution in [0.2, 0.25) is 0 Å². The molecular formula is C28H43N3O6S2. The third-order valence-corrected chi connectivity index (χ3v) is 9.82. The van der Waals surface area contributed by atoms with Crippen LogP contribution in [0.1, 0.15) is 50.8 Å². The second kappa shape index (κ2) is 14.9. The van der Waals surface area contributed by atoms with Gasteiger partial charge in [0.15, 0.2) is 0 Å². The highest BCUT2D eigenvalue weighted by Crippen LogP contribution is 2.26. The molecule has 218 valence electrons. The molecule has 9 nitrogen and oxygen atoms in total. The molecule has 0 aromatic heterocycles. The fourth-order valence-corrected chi connectivity index (χ4v) is 6.98. The maximum Gasteiger partial charge on any atom is 0.282 e. The number of hydrogen-bond acceptors (Lipinski definition) is 6. The number of carbonyl (C=O) groups is 1. The SMILES string of the molecule is CCCCN(C)S(=O)(=O)N(C[C@@H](O)[C@H](Cc1ccccc1)NC(=O)[C@H](C)CS(C)(=O)=O)[C@H](C)c1ccccc1. The molecule has 2 aromatic rings. The highest BCUT2D eigenvalue weighted by molar-refractivity contribution is 7.90. The van der Waals surface area contributed by atoms with Gasteiger partial charge in [-0.3, -0.25) is 4.79 Å². The Labute approximate surface area is 234 Å². The van der Waals surface area contributed by atoms with Gasteiger partial charge in [0.05, 0.1) is 17.9 Å². The van der Waals surface area contributed by atoms with E-state index < -0.39 is 50.1 Å². The minimum absolute atomic E-state index is 0.235. The van der Waals surface area contributed by atoms with Crippen LogP contribution in [-0.4, -0.2) is 80.8 Å². The second-order valence-corrected chi connectivity index (χ2v) is 14.4. The van der Waals surface area contributed by atoms with Gasteiger partial charge in [0.25, 0.3) is 10.2 Å². The third kappa shape index (κ3) is 10.3. The van der Waals surface area contributed by atoms with Gasteiger partial charge in [0.2, 0.25) is 5.91 Å². The number of amides is 1. The molecule has 0 unspecified atom stereocenters. The number of carbonyl (C=O) groups excluding carboxylic acids is 1. The van der Waals surface area contributed by atoms with E-state index in [4.69, 9.17) is 0 Å². The van der Waals surface area contributed by atoms with Gasteiger partial charge in [-0.1, -0.05) is 80.9 Å². The third-order valence-electron chi connectivity index (χ3n) is 6.69. The Balaban J connectivity index is 2.41. The molecule has 0 aliphatic heterocycles. The summed E-state index contributed by atoms with van der Waals surface area (Å²) in [6.07, 6.45) is 1.54. The zero-order valence-electron chi connectivity index (χ0n) is 23.5. The molecule has 2 rings (SSSR count). The van der Waals surface area contributed by atoms with Crippen LogP contribution >= 0.6 is 0 Å². The number of nitrogens with zero attached hydrogens (tertiary/aromatic N) is 2. The largest absolute Gasteiger partial charge is 0.390 e. The molecule has 2 aromatic carbocycles. The number of rotatable bonds is 16. The molecule has 1 amide bonds. The molecular weight excluding hydrogens is 538 g/mol. The number of aliphatic hydroxyl groups is 1.